The molecule has 1 aromatic rings. The van der Waals surface area contributed by atoms with E-state index in [0.717, 1.165) is 38.3 Å². The smallest absolute Gasteiger partial charge is 0.224 e. The van der Waals surface area contributed by atoms with Crippen LogP contribution in [0.4, 0.5) is 0 Å². The Bertz CT molecular complexity index is 462. The van der Waals surface area contributed by atoms with Crippen molar-refractivity contribution >= 4 is 17.5 Å². The number of nitrogens with two attached hydrogens (primary N) is 1. The molecule has 3 N–H and O–H groups in total. The molecule has 0 bridgehead atoms. The van der Waals surface area contributed by atoms with E-state index in [1.54, 1.807) is 6.20 Å². The molecule has 0 radical (unpaired) electrons. The summed E-state index contributed by atoms with van der Waals surface area (Å²) < 4.78 is 1.87. The summed E-state index contributed by atoms with van der Waals surface area (Å²) in [7, 11) is 1.90. The van der Waals surface area contributed by atoms with Crippen LogP contribution in [0.2, 0.25) is 5.15 Å². The Kier molecular flexibility index (Phi) is 5.39. The Morgan fingerprint density at radius 1 is 1.65 bits per heavy atom. The molecule has 20 heavy (non-hydrogen) atoms. The van der Waals surface area contributed by atoms with E-state index in [2.05, 4.69) is 15.2 Å². The number of amides is 1. The quantitative estimate of drug-likeness (QED) is 0.823. The van der Waals surface area contributed by atoms with Crippen LogP contribution in [0, 0.1) is 5.92 Å². The van der Waals surface area contributed by atoms with Crippen molar-refractivity contribution in [3.8, 4) is 0 Å². The molecule has 7 heteroatoms. The lowest BCUT2D eigenvalue weighted by atomic mass is 9.97. The summed E-state index contributed by atoms with van der Waals surface area (Å²) in [5.41, 5.74) is 5.41. The number of piperidine rings is 1. The molecule has 1 fully saturated rings. The minimum absolute atomic E-state index is 0.0473. The summed E-state index contributed by atoms with van der Waals surface area (Å²) in [4.78, 5) is 18.6. The second kappa shape index (κ2) is 7.06. The maximum Gasteiger partial charge on any atom is 0.224 e. The van der Waals surface area contributed by atoms with E-state index in [1.165, 1.54) is 0 Å². The fourth-order valence-electron chi connectivity index (χ4n) is 2.52. The van der Waals surface area contributed by atoms with Gasteiger partial charge in [-0.2, -0.15) is 0 Å². The molecular weight excluding hydrogens is 278 g/mol. The maximum atomic E-state index is 12.0. The van der Waals surface area contributed by atoms with Gasteiger partial charge < -0.3 is 15.6 Å². The molecule has 2 rings (SSSR count). The molecule has 6 nitrogen and oxygen atoms in total. The molecule has 1 saturated heterocycles. The molecule has 0 aromatic carbocycles. The lowest BCUT2D eigenvalue weighted by Gasteiger charge is -2.31. The zero-order valence-corrected chi connectivity index (χ0v) is 12.6. The summed E-state index contributed by atoms with van der Waals surface area (Å²) in [5, 5.41) is 3.50. The number of nitrogens with one attached hydrogen (secondary N) is 1. The maximum absolute atomic E-state index is 12.0. The van der Waals surface area contributed by atoms with Gasteiger partial charge >= 0.3 is 0 Å². The van der Waals surface area contributed by atoms with Crippen LogP contribution in [0.3, 0.4) is 0 Å². The highest BCUT2D eigenvalue weighted by molar-refractivity contribution is 6.29. The second-order valence-electron chi connectivity index (χ2n) is 5.21. The van der Waals surface area contributed by atoms with E-state index in [1.807, 2.05) is 11.6 Å². The third-order valence-corrected chi connectivity index (χ3v) is 4.06. The van der Waals surface area contributed by atoms with Crippen molar-refractivity contribution in [2.75, 3.05) is 26.2 Å². The number of rotatable bonds is 5. The second-order valence-corrected chi connectivity index (χ2v) is 5.60. The number of halogens is 1. The molecule has 1 aliphatic rings. The SMILES string of the molecule is Cn1c(Cl)cnc1CN1CCCC(C(=O)NCCN)C1. The van der Waals surface area contributed by atoms with Crippen molar-refractivity contribution in [1.82, 2.24) is 19.8 Å². The molecule has 0 spiro atoms. The first-order valence-electron chi connectivity index (χ1n) is 6.98. The van der Waals surface area contributed by atoms with Gasteiger partial charge in [0.1, 0.15) is 11.0 Å². The number of nitrogens with zero attached hydrogens (tertiary/aromatic N) is 3. The zero-order chi connectivity index (χ0) is 14.5. The van der Waals surface area contributed by atoms with E-state index < -0.39 is 0 Å². The number of aromatic nitrogens is 2. The largest absolute Gasteiger partial charge is 0.355 e. The minimum Gasteiger partial charge on any atom is -0.355 e. The Morgan fingerprint density at radius 2 is 2.45 bits per heavy atom. The molecule has 1 amide bonds. The average molecular weight is 300 g/mol. The zero-order valence-electron chi connectivity index (χ0n) is 11.8. The van der Waals surface area contributed by atoms with Crippen LogP contribution in [-0.4, -0.2) is 46.5 Å². The molecule has 0 aliphatic carbocycles. The average Bonchev–Trinajstić information content (AvgIpc) is 2.77. The van der Waals surface area contributed by atoms with E-state index in [-0.39, 0.29) is 11.8 Å². The number of carbonyl (C=O) groups is 1. The molecule has 1 unspecified atom stereocenters. The van der Waals surface area contributed by atoms with Gasteiger partial charge in [-0.15, -0.1) is 0 Å². The number of imidazole rings is 1. The first-order valence-corrected chi connectivity index (χ1v) is 7.36. The van der Waals surface area contributed by atoms with Crippen LogP contribution in [0.15, 0.2) is 6.20 Å². The van der Waals surface area contributed by atoms with Gasteiger partial charge in [0.05, 0.1) is 18.7 Å². The van der Waals surface area contributed by atoms with E-state index in [9.17, 15) is 4.79 Å². The highest BCUT2D eigenvalue weighted by atomic mass is 35.5. The third kappa shape index (κ3) is 3.71. The standard InChI is InChI=1S/C13H22ClN5O/c1-18-11(14)7-17-12(18)9-19-6-2-3-10(8-19)13(20)16-5-4-15/h7,10H,2-6,8-9,15H2,1H3,(H,16,20). The van der Waals surface area contributed by atoms with E-state index in [4.69, 9.17) is 17.3 Å². The number of hydrogen-bond acceptors (Lipinski definition) is 4. The Morgan fingerprint density at radius 3 is 3.10 bits per heavy atom. The van der Waals surface area contributed by atoms with Crippen molar-refractivity contribution in [2.24, 2.45) is 18.7 Å². The number of likely N-dealkylation sites (tertiary alicyclic amines) is 1. The van der Waals surface area contributed by atoms with Gasteiger partial charge in [-0.05, 0) is 19.4 Å². The first-order chi connectivity index (χ1) is 9.61. The van der Waals surface area contributed by atoms with Crippen LogP contribution in [0.1, 0.15) is 18.7 Å². The number of carbonyl (C=O) groups excluding carboxylic acids is 1. The van der Waals surface area contributed by atoms with Crippen LogP contribution < -0.4 is 11.1 Å². The topological polar surface area (TPSA) is 76.2 Å². The van der Waals surface area contributed by atoms with Gasteiger partial charge in [-0.3, -0.25) is 9.69 Å². The van der Waals surface area contributed by atoms with Gasteiger partial charge in [-0.25, -0.2) is 4.98 Å². The summed E-state index contributed by atoms with van der Waals surface area (Å²) in [5.74, 6) is 1.09. The van der Waals surface area contributed by atoms with Crippen molar-refractivity contribution in [3.05, 3.63) is 17.2 Å². The molecule has 1 aliphatic heterocycles. The third-order valence-electron chi connectivity index (χ3n) is 3.71. The predicted molar refractivity (Wildman–Crippen MR) is 78.3 cm³/mol. The molecule has 1 aromatic heterocycles. The highest BCUT2D eigenvalue weighted by Crippen LogP contribution is 2.19. The molecular formula is C13H22ClN5O. The summed E-state index contributed by atoms with van der Waals surface area (Å²) in [6.45, 7) is 3.51. The summed E-state index contributed by atoms with van der Waals surface area (Å²) in [6, 6.07) is 0. The predicted octanol–water partition coefficient (Wildman–Crippen LogP) is 0.360. The minimum atomic E-state index is 0.0473. The lowest BCUT2D eigenvalue weighted by molar-refractivity contribution is -0.126. The fourth-order valence-corrected chi connectivity index (χ4v) is 2.67. The summed E-state index contributed by atoms with van der Waals surface area (Å²) in [6.07, 6.45) is 3.62. The van der Waals surface area contributed by atoms with Crippen LogP contribution in [0.5, 0.6) is 0 Å². The Balaban J connectivity index is 1.90. The van der Waals surface area contributed by atoms with Gasteiger partial charge in [0, 0.05) is 26.7 Å². The first kappa shape index (κ1) is 15.3. The van der Waals surface area contributed by atoms with Crippen molar-refractivity contribution in [3.63, 3.8) is 0 Å². The van der Waals surface area contributed by atoms with Gasteiger partial charge in [0.15, 0.2) is 0 Å². The van der Waals surface area contributed by atoms with Crippen molar-refractivity contribution in [2.45, 2.75) is 19.4 Å². The molecule has 2 heterocycles. The monoisotopic (exact) mass is 299 g/mol. The van der Waals surface area contributed by atoms with E-state index in [0.29, 0.717) is 18.2 Å². The Hall–Kier alpha value is -1.11. The summed E-state index contributed by atoms with van der Waals surface area (Å²) >= 11 is 5.99. The van der Waals surface area contributed by atoms with Gasteiger partial charge in [-0.1, -0.05) is 11.6 Å². The van der Waals surface area contributed by atoms with Crippen molar-refractivity contribution < 1.29 is 4.79 Å². The normalized spacial score (nSPS) is 20.1. The molecule has 0 saturated carbocycles. The van der Waals surface area contributed by atoms with Gasteiger partial charge in [0.2, 0.25) is 5.91 Å². The van der Waals surface area contributed by atoms with Gasteiger partial charge in [0.25, 0.3) is 0 Å². The van der Waals surface area contributed by atoms with E-state index >= 15 is 0 Å². The van der Waals surface area contributed by atoms with Crippen LogP contribution in [-0.2, 0) is 18.4 Å². The highest BCUT2D eigenvalue weighted by Gasteiger charge is 2.26. The molecule has 1 atom stereocenters. The van der Waals surface area contributed by atoms with Crippen LogP contribution in [0.25, 0.3) is 0 Å². The lowest BCUT2D eigenvalue weighted by Crippen LogP contribution is -2.43. The number of hydrogen-bond donors (Lipinski definition) is 2. The fraction of sp³-hybridized carbons (Fsp3) is 0.692. The van der Waals surface area contributed by atoms with Crippen molar-refractivity contribution in [1.29, 1.82) is 0 Å². The van der Waals surface area contributed by atoms with Crippen LogP contribution >= 0.6 is 11.6 Å². The molecule has 112 valence electrons. The Labute approximate surface area is 124 Å².